The highest BCUT2D eigenvalue weighted by atomic mass is 16.5. The highest BCUT2D eigenvalue weighted by Gasteiger charge is 2.25. The van der Waals surface area contributed by atoms with E-state index >= 15 is 0 Å². The molecule has 1 amide bonds. The van der Waals surface area contributed by atoms with Crippen LogP contribution in [0.25, 0.3) is 21.9 Å². The van der Waals surface area contributed by atoms with Gasteiger partial charge >= 0.3 is 11.6 Å². The van der Waals surface area contributed by atoms with Crippen LogP contribution in [0.4, 0.5) is 0 Å². The zero-order valence-electron chi connectivity index (χ0n) is 19.0. The quantitative estimate of drug-likeness (QED) is 0.300. The second kappa shape index (κ2) is 8.83. The highest BCUT2D eigenvalue weighted by molar-refractivity contribution is 5.90. The van der Waals surface area contributed by atoms with Gasteiger partial charge in [-0.05, 0) is 73.2 Å². The molecular formula is C26H24N2O7. The van der Waals surface area contributed by atoms with Crippen LogP contribution in [-0.4, -0.2) is 39.7 Å². The van der Waals surface area contributed by atoms with Gasteiger partial charge in [0.2, 0.25) is 0 Å². The Hall–Kier alpha value is -4.27. The average Bonchev–Trinajstić information content (AvgIpc) is 3.44. The maximum atomic E-state index is 12.7. The fraction of sp³-hybridized carbons (Fsp3) is 0.269. The van der Waals surface area contributed by atoms with Gasteiger partial charge < -0.3 is 29.7 Å². The van der Waals surface area contributed by atoms with E-state index in [1.807, 2.05) is 6.92 Å². The Balaban J connectivity index is 1.34. The molecule has 0 saturated heterocycles. The maximum Gasteiger partial charge on any atom is 0.339 e. The van der Waals surface area contributed by atoms with E-state index in [-0.39, 0.29) is 17.8 Å². The summed E-state index contributed by atoms with van der Waals surface area (Å²) in [7, 11) is 0. The Morgan fingerprint density at radius 1 is 1.20 bits per heavy atom. The van der Waals surface area contributed by atoms with Gasteiger partial charge in [-0.25, -0.2) is 9.59 Å². The van der Waals surface area contributed by atoms with Crippen molar-refractivity contribution in [1.82, 2.24) is 10.3 Å². The largest absolute Gasteiger partial charge is 0.508 e. The van der Waals surface area contributed by atoms with Gasteiger partial charge in [0, 0.05) is 29.1 Å². The number of carbonyl (C=O) groups excluding carboxylic acids is 1. The lowest BCUT2D eigenvalue weighted by Gasteiger charge is -2.16. The van der Waals surface area contributed by atoms with Crippen molar-refractivity contribution in [2.45, 2.75) is 38.6 Å². The summed E-state index contributed by atoms with van der Waals surface area (Å²) in [5.74, 6) is -1.29. The first-order valence-electron chi connectivity index (χ1n) is 11.3. The number of carboxylic acids is 1. The fourth-order valence-corrected chi connectivity index (χ4v) is 4.75. The molecule has 180 valence electrons. The van der Waals surface area contributed by atoms with Crippen LogP contribution >= 0.6 is 0 Å². The van der Waals surface area contributed by atoms with Gasteiger partial charge in [-0.3, -0.25) is 4.79 Å². The molecule has 9 heteroatoms. The number of ether oxygens (including phenoxy) is 1. The van der Waals surface area contributed by atoms with Gasteiger partial charge in [-0.1, -0.05) is 0 Å². The van der Waals surface area contributed by atoms with E-state index in [0.717, 1.165) is 29.5 Å². The predicted octanol–water partition coefficient (Wildman–Crippen LogP) is 2.97. The molecule has 1 aliphatic rings. The molecule has 2 aromatic heterocycles. The summed E-state index contributed by atoms with van der Waals surface area (Å²) < 4.78 is 11.3. The van der Waals surface area contributed by atoms with Crippen molar-refractivity contribution in [1.29, 1.82) is 0 Å². The molecule has 9 nitrogen and oxygen atoms in total. The van der Waals surface area contributed by atoms with E-state index in [1.165, 1.54) is 6.07 Å². The number of phenolic OH excluding ortho intramolecular Hbond substituents is 1. The molecule has 35 heavy (non-hydrogen) atoms. The molecule has 4 aromatic rings. The maximum absolute atomic E-state index is 12.7. The Labute approximate surface area is 199 Å². The van der Waals surface area contributed by atoms with Crippen LogP contribution < -0.4 is 15.7 Å². The number of benzene rings is 2. The molecule has 0 bridgehead atoms. The van der Waals surface area contributed by atoms with E-state index in [9.17, 15) is 24.6 Å². The van der Waals surface area contributed by atoms with E-state index < -0.39 is 24.5 Å². The second-order valence-corrected chi connectivity index (χ2v) is 8.83. The topological polar surface area (TPSA) is 142 Å². The molecular weight excluding hydrogens is 452 g/mol. The van der Waals surface area contributed by atoms with E-state index in [4.69, 9.17) is 9.15 Å². The SMILES string of the molecule is Cc1cc(OCC(=O)NC(Cc2c[nH]c3ccc(O)cc23)C(=O)O)c2c3c(c(=O)oc2c1)CCC3. The minimum Gasteiger partial charge on any atom is -0.508 e. The van der Waals surface area contributed by atoms with Crippen molar-refractivity contribution >= 4 is 33.7 Å². The fourth-order valence-electron chi connectivity index (χ4n) is 4.75. The monoisotopic (exact) mass is 476 g/mol. The molecule has 2 heterocycles. The molecule has 0 aliphatic heterocycles. The summed E-state index contributed by atoms with van der Waals surface area (Å²) >= 11 is 0. The predicted molar refractivity (Wildman–Crippen MR) is 128 cm³/mol. The van der Waals surface area contributed by atoms with Crippen LogP contribution in [0.2, 0.25) is 0 Å². The van der Waals surface area contributed by atoms with Crippen LogP contribution in [-0.2, 0) is 28.9 Å². The number of aliphatic carboxylic acids is 1. The molecule has 1 atom stereocenters. The number of hydrogen-bond donors (Lipinski definition) is 4. The summed E-state index contributed by atoms with van der Waals surface area (Å²) in [4.78, 5) is 39.8. The van der Waals surface area contributed by atoms with Crippen molar-refractivity contribution in [3.05, 3.63) is 69.2 Å². The number of aromatic nitrogens is 1. The van der Waals surface area contributed by atoms with E-state index in [0.29, 0.717) is 39.7 Å². The summed E-state index contributed by atoms with van der Waals surface area (Å²) in [5.41, 5.74) is 3.82. The standard InChI is InChI=1S/C26H24N2O7/c1-13-7-21(24-16-3-2-4-17(16)26(33)35-22(24)8-13)34-12-23(30)28-20(25(31)32)9-14-11-27-19-6-5-15(29)10-18(14)19/h5-8,10-11,20,27,29H,2-4,9,12H2,1H3,(H,28,30)(H,31,32). The number of H-pyrrole nitrogens is 1. The molecule has 1 aliphatic carbocycles. The highest BCUT2D eigenvalue weighted by Crippen LogP contribution is 2.35. The normalized spacial score (nSPS) is 13.6. The third kappa shape index (κ3) is 4.32. The van der Waals surface area contributed by atoms with Gasteiger partial charge in [-0.2, -0.15) is 0 Å². The number of fused-ring (bicyclic) bond motifs is 4. The lowest BCUT2D eigenvalue weighted by Crippen LogP contribution is -2.44. The first-order valence-corrected chi connectivity index (χ1v) is 11.3. The third-order valence-electron chi connectivity index (χ3n) is 6.35. The number of aromatic amines is 1. The number of phenols is 1. The van der Waals surface area contributed by atoms with Crippen LogP contribution in [0.1, 0.15) is 28.7 Å². The Bertz CT molecular complexity index is 1530. The Morgan fingerprint density at radius 3 is 2.80 bits per heavy atom. The van der Waals surface area contributed by atoms with Gasteiger partial charge in [0.05, 0.1) is 5.39 Å². The lowest BCUT2D eigenvalue weighted by molar-refractivity contribution is -0.142. The number of rotatable bonds is 7. The summed E-state index contributed by atoms with van der Waals surface area (Å²) in [5, 5.41) is 23.3. The molecule has 0 spiro atoms. The van der Waals surface area contributed by atoms with Crippen molar-refractivity contribution in [3.8, 4) is 11.5 Å². The van der Waals surface area contributed by atoms with Crippen LogP contribution in [0.15, 0.2) is 45.7 Å². The number of hydrogen-bond acceptors (Lipinski definition) is 6. The molecule has 0 saturated carbocycles. The van der Waals surface area contributed by atoms with Crippen molar-refractivity contribution in [3.63, 3.8) is 0 Å². The summed E-state index contributed by atoms with van der Waals surface area (Å²) in [6, 6.07) is 7.13. The summed E-state index contributed by atoms with van der Waals surface area (Å²) in [6.45, 7) is 1.43. The van der Waals surface area contributed by atoms with Crippen LogP contribution in [0, 0.1) is 6.92 Å². The number of aryl methyl sites for hydroxylation is 2. The van der Waals surface area contributed by atoms with Crippen molar-refractivity contribution in [2.75, 3.05) is 6.61 Å². The molecule has 5 rings (SSSR count). The number of carboxylic acid groups (broad SMARTS) is 1. The molecule has 0 fully saturated rings. The number of aromatic hydroxyl groups is 1. The number of amides is 1. The molecule has 2 aromatic carbocycles. The zero-order chi connectivity index (χ0) is 24.7. The Kier molecular flexibility index (Phi) is 5.68. The zero-order valence-corrected chi connectivity index (χ0v) is 19.0. The van der Waals surface area contributed by atoms with E-state index in [2.05, 4.69) is 10.3 Å². The minimum atomic E-state index is -1.19. The van der Waals surface area contributed by atoms with E-state index in [1.54, 1.807) is 30.5 Å². The van der Waals surface area contributed by atoms with Gasteiger partial charge in [0.25, 0.3) is 5.91 Å². The van der Waals surface area contributed by atoms with Gasteiger partial charge in [0.1, 0.15) is 23.1 Å². The van der Waals surface area contributed by atoms with Crippen molar-refractivity contribution in [2.24, 2.45) is 0 Å². The van der Waals surface area contributed by atoms with Crippen molar-refractivity contribution < 1.29 is 29.0 Å². The average molecular weight is 476 g/mol. The molecule has 1 unspecified atom stereocenters. The van der Waals surface area contributed by atoms with Gasteiger partial charge in [-0.15, -0.1) is 0 Å². The first kappa shape index (κ1) is 22.5. The Morgan fingerprint density at radius 2 is 2.00 bits per heavy atom. The molecule has 0 radical (unpaired) electrons. The van der Waals surface area contributed by atoms with Crippen LogP contribution in [0.3, 0.4) is 0 Å². The first-order chi connectivity index (χ1) is 16.8. The smallest absolute Gasteiger partial charge is 0.339 e. The van der Waals surface area contributed by atoms with Crippen LogP contribution in [0.5, 0.6) is 11.5 Å². The molecule has 4 N–H and O–H groups in total. The second-order valence-electron chi connectivity index (χ2n) is 8.83. The third-order valence-corrected chi connectivity index (χ3v) is 6.35. The summed E-state index contributed by atoms with van der Waals surface area (Å²) in [6.07, 6.45) is 3.91. The minimum absolute atomic E-state index is 0.0244. The number of carbonyl (C=O) groups is 2. The van der Waals surface area contributed by atoms with Gasteiger partial charge in [0.15, 0.2) is 6.61 Å². The lowest BCUT2D eigenvalue weighted by atomic mass is 10.0. The number of nitrogens with one attached hydrogen (secondary N) is 2.